The number of rotatable bonds is 4. The van der Waals surface area contributed by atoms with Crippen LogP contribution in [0.4, 0.5) is 0 Å². The standard InChI is InChI=1S/C14H17N3OS/c1-2-19-9-13-16-14(18-17-13)12-7-10-5-3-4-6-11(10)8-15-12/h3-6,12,15H,2,7-9H2,1H3/t12-/m1/s1. The van der Waals surface area contributed by atoms with Crippen molar-refractivity contribution in [3.05, 3.63) is 47.1 Å². The Morgan fingerprint density at radius 2 is 2.21 bits per heavy atom. The van der Waals surface area contributed by atoms with Crippen LogP contribution in [0.3, 0.4) is 0 Å². The van der Waals surface area contributed by atoms with Crippen molar-refractivity contribution < 1.29 is 4.52 Å². The summed E-state index contributed by atoms with van der Waals surface area (Å²) in [6.07, 6.45) is 0.915. The Kier molecular flexibility index (Phi) is 3.84. The molecular weight excluding hydrogens is 258 g/mol. The van der Waals surface area contributed by atoms with Gasteiger partial charge in [-0.2, -0.15) is 16.7 Å². The molecule has 19 heavy (non-hydrogen) atoms. The van der Waals surface area contributed by atoms with Crippen LogP contribution in [0, 0.1) is 0 Å². The third-order valence-electron chi connectivity index (χ3n) is 3.30. The number of nitrogens with zero attached hydrogens (tertiary/aromatic N) is 2. The minimum Gasteiger partial charge on any atom is -0.338 e. The first-order valence-electron chi connectivity index (χ1n) is 6.57. The molecule has 0 aliphatic carbocycles. The van der Waals surface area contributed by atoms with Crippen LogP contribution in [0.15, 0.2) is 28.8 Å². The second-order valence-electron chi connectivity index (χ2n) is 4.59. The van der Waals surface area contributed by atoms with Crippen LogP contribution in [-0.4, -0.2) is 15.9 Å². The van der Waals surface area contributed by atoms with E-state index >= 15 is 0 Å². The van der Waals surface area contributed by atoms with E-state index in [1.54, 1.807) is 11.8 Å². The van der Waals surface area contributed by atoms with Crippen molar-refractivity contribution in [2.75, 3.05) is 5.75 Å². The first-order valence-corrected chi connectivity index (χ1v) is 7.72. The Labute approximate surface area is 117 Å². The molecule has 0 spiro atoms. The van der Waals surface area contributed by atoms with Crippen LogP contribution in [0.1, 0.15) is 35.8 Å². The molecule has 0 fully saturated rings. The van der Waals surface area contributed by atoms with Gasteiger partial charge in [-0.05, 0) is 23.3 Å². The van der Waals surface area contributed by atoms with E-state index in [2.05, 4.69) is 46.6 Å². The van der Waals surface area contributed by atoms with Crippen LogP contribution in [0.5, 0.6) is 0 Å². The number of fused-ring (bicyclic) bond motifs is 1. The smallest absolute Gasteiger partial charge is 0.244 e. The van der Waals surface area contributed by atoms with E-state index in [1.807, 2.05) is 0 Å². The van der Waals surface area contributed by atoms with E-state index in [0.29, 0.717) is 5.89 Å². The van der Waals surface area contributed by atoms with Gasteiger partial charge < -0.3 is 9.84 Å². The van der Waals surface area contributed by atoms with E-state index in [4.69, 9.17) is 4.52 Å². The molecule has 1 aliphatic rings. The average molecular weight is 275 g/mol. The fourth-order valence-corrected chi connectivity index (χ4v) is 2.79. The summed E-state index contributed by atoms with van der Waals surface area (Å²) in [5.41, 5.74) is 2.73. The predicted molar refractivity (Wildman–Crippen MR) is 75.9 cm³/mol. The third kappa shape index (κ3) is 2.82. The summed E-state index contributed by atoms with van der Waals surface area (Å²) in [7, 11) is 0. The van der Waals surface area contributed by atoms with Gasteiger partial charge in [0.1, 0.15) is 0 Å². The van der Waals surface area contributed by atoms with Crippen molar-refractivity contribution in [1.29, 1.82) is 0 Å². The first kappa shape index (κ1) is 12.7. The van der Waals surface area contributed by atoms with Gasteiger partial charge in [-0.1, -0.05) is 36.3 Å². The number of nitrogens with one attached hydrogen (secondary N) is 1. The zero-order valence-corrected chi connectivity index (χ0v) is 11.7. The summed E-state index contributed by atoms with van der Waals surface area (Å²) >= 11 is 1.80. The average Bonchev–Trinajstić information content (AvgIpc) is 2.93. The van der Waals surface area contributed by atoms with Gasteiger partial charge in [0.15, 0.2) is 5.82 Å². The van der Waals surface area contributed by atoms with Gasteiger partial charge in [0.2, 0.25) is 5.89 Å². The summed E-state index contributed by atoms with van der Waals surface area (Å²) in [4.78, 5) is 4.48. The molecule has 1 aromatic heterocycles. The monoisotopic (exact) mass is 275 g/mol. The first-order chi connectivity index (χ1) is 9.36. The highest BCUT2D eigenvalue weighted by Gasteiger charge is 2.23. The summed E-state index contributed by atoms with van der Waals surface area (Å²) in [5, 5.41) is 7.50. The fraction of sp³-hybridized carbons (Fsp3) is 0.429. The molecule has 1 N–H and O–H groups in total. The second kappa shape index (κ2) is 5.75. The fourth-order valence-electron chi connectivity index (χ4n) is 2.29. The molecule has 0 unspecified atom stereocenters. The van der Waals surface area contributed by atoms with Gasteiger partial charge in [-0.25, -0.2) is 0 Å². The largest absolute Gasteiger partial charge is 0.338 e. The topological polar surface area (TPSA) is 51.0 Å². The van der Waals surface area contributed by atoms with Crippen molar-refractivity contribution in [1.82, 2.24) is 15.5 Å². The molecule has 0 saturated heterocycles. The van der Waals surface area contributed by atoms with E-state index in [-0.39, 0.29) is 6.04 Å². The molecule has 1 aliphatic heterocycles. The maximum absolute atomic E-state index is 5.38. The summed E-state index contributed by atoms with van der Waals surface area (Å²) in [6, 6.07) is 8.64. The molecule has 0 radical (unpaired) electrons. The zero-order chi connectivity index (χ0) is 13.1. The lowest BCUT2D eigenvalue weighted by atomic mass is 9.96. The molecule has 1 atom stereocenters. The lowest BCUT2D eigenvalue weighted by Gasteiger charge is -2.23. The Morgan fingerprint density at radius 3 is 3.05 bits per heavy atom. The molecule has 1 aromatic carbocycles. The Bertz CT molecular complexity index is 555. The molecule has 0 amide bonds. The minimum absolute atomic E-state index is 0.141. The molecule has 5 heteroatoms. The van der Waals surface area contributed by atoms with Gasteiger partial charge in [-0.3, -0.25) is 0 Å². The molecule has 4 nitrogen and oxygen atoms in total. The van der Waals surface area contributed by atoms with Gasteiger partial charge in [0.25, 0.3) is 0 Å². The summed E-state index contributed by atoms with van der Waals surface area (Å²) in [5.74, 6) is 3.39. The molecule has 0 bridgehead atoms. The van der Waals surface area contributed by atoms with E-state index < -0.39 is 0 Å². The van der Waals surface area contributed by atoms with Crippen LogP contribution in [0.2, 0.25) is 0 Å². The maximum Gasteiger partial charge on any atom is 0.244 e. The highest BCUT2D eigenvalue weighted by atomic mass is 32.2. The highest BCUT2D eigenvalue weighted by molar-refractivity contribution is 7.98. The quantitative estimate of drug-likeness (QED) is 0.929. The number of hydrogen-bond acceptors (Lipinski definition) is 5. The summed E-state index contributed by atoms with van der Waals surface area (Å²) in [6.45, 7) is 2.99. The third-order valence-corrected chi connectivity index (χ3v) is 4.17. The zero-order valence-electron chi connectivity index (χ0n) is 10.9. The number of aromatic nitrogens is 2. The van der Waals surface area contributed by atoms with Crippen LogP contribution in [-0.2, 0) is 18.7 Å². The second-order valence-corrected chi connectivity index (χ2v) is 5.87. The van der Waals surface area contributed by atoms with Crippen LogP contribution >= 0.6 is 11.8 Å². The summed E-state index contributed by atoms with van der Waals surface area (Å²) < 4.78 is 5.38. The van der Waals surface area contributed by atoms with Crippen LogP contribution < -0.4 is 5.32 Å². The molecule has 2 heterocycles. The number of thioether (sulfide) groups is 1. The van der Waals surface area contributed by atoms with Crippen molar-refractivity contribution in [3.8, 4) is 0 Å². The van der Waals surface area contributed by atoms with E-state index in [9.17, 15) is 0 Å². The van der Waals surface area contributed by atoms with Crippen molar-refractivity contribution in [2.24, 2.45) is 0 Å². The number of hydrogen-bond donors (Lipinski definition) is 1. The maximum atomic E-state index is 5.38. The molecule has 2 aromatic rings. The van der Waals surface area contributed by atoms with E-state index in [0.717, 1.165) is 30.3 Å². The van der Waals surface area contributed by atoms with E-state index in [1.165, 1.54) is 11.1 Å². The minimum atomic E-state index is 0.141. The van der Waals surface area contributed by atoms with Gasteiger partial charge in [0.05, 0.1) is 11.8 Å². The van der Waals surface area contributed by atoms with Gasteiger partial charge in [0, 0.05) is 6.54 Å². The Hall–Kier alpha value is -1.33. The van der Waals surface area contributed by atoms with Gasteiger partial charge >= 0.3 is 0 Å². The highest BCUT2D eigenvalue weighted by Crippen LogP contribution is 2.25. The van der Waals surface area contributed by atoms with Gasteiger partial charge in [-0.15, -0.1) is 0 Å². The van der Waals surface area contributed by atoms with Crippen molar-refractivity contribution in [3.63, 3.8) is 0 Å². The molecule has 100 valence electrons. The molecule has 3 rings (SSSR count). The van der Waals surface area contributed by atoms with Crippen molar-refractivity contribution >= 4 is 11.8 Å². The van der Waals surface area contributed by atoms with Crippen LogP contribution in [0.25, 0.3) is 0 Å². The Morgan fingerprint density at radius 1 is 1.37 bits per heavy atom. The Balaban J connectivity index is 1.72. The molecule has 0 saturated carbocycles. The number of benzene rings is 1. The van der Waals surface area contributed by atoms with Crippen molar-refractivity contribution in [2.45, 2.75) is 31.7 Å². The lowest BCUT2D eigenvalue weighted by Crippen LogP contribution is -2.28. The lowest BCUT2D eigenvalue weighted by molar-refractivity contribution is 0.319. The predicted octanol–water partition coefficient (Wildman–Crippen LogP) is 2.71. The normalized spacial score (nSPS) is 18.3. The molecular formula is C14H17N3OS. The SMILES string of the molecule is CCSCc1noc([C@H]2Cc3ccccc3CN2)n1.